The minimum Gasteiger partial charge on any atom is -0.451 e. The molecular formula is C25H18N6O3S. The van der Waals surface area contributed by atoms with Crippen LogP contribution in [0.4, 0.5) is 5.82 Å². The van der Waals surface area contributed by atoms with Gasteiger partial charge in [-0.2, -0.15) is 15.5 Å². The Morgan fingerprint density at radius 3 is 2.37 bits per heavy atom. The van der Waals surface area contributed by atoms with E-state index < -0.39 is 18.5 Å². The van der Waals surface area contributed by atoms with Gasteiger partial charge in [0.05, 0.1) is 23.3 Å². The molecule has 0 spiro atoms. The maximum Gasteiger partial charge on any atom is 0.348 e. The minimum atomic E-state index is -0.613. The van der Waals surface area contributed by atoms with Gasteiger partial charge in [0.2, 0.25) is 0 Å². The van der Waals surface area contributed by atoms with Gasteiger partial charge < -0.3 is 10.1 Å². The van der Waals surface area contributed by atoms with Gasteiger partial charge >= 0.3 is 5.97 Å². The van der Waals surface area contributed by atoms with Crippen molar-refractivity contribution >= 4 is 39.2 Å². The van der Waals surface area contributed by atoms with Gasteiger partial charge in [-0.15, -0.1) is 11.3 Å². The zero-order chi connectivity index (χ0) is 24.4. The molecule has 0 bridgehead atoms. The van der Waals surface area contributed by atoms with Crippen LogP contribution in [0, 0.1) is 18.3 Å². The average Bonchev–Trinajstić information content (AvgIpc) is 3.58. The highest BCUT2D eigenvalue weighted by Gasteiger charge is 2.20. The van der Waals surface area contributed by atoms with Crippen LogP contribution in [0.1, 0.15) is 20.9 Å². The molecule has 0 aliphatic rings. The normalized spacial score (nSPS) is 10.7. The van der Waals surface area contributed by atoms with Crippen LogP contribution < -0.4 is 5.32 Å². The number of carbonyl (C=O) groups is 2. The molecule has 35 heavy (non-hydrogen) atoms. The molecule has 3 heterocycles. The fourth-order valence-electron chi connectivity index (χ4n) is 3.58. The third kappa shape index (κ3) is 4.28. The predicted molar refractivity (Wildman–Crippen MR) is 131 cm³/mol. The van der Waals surface area contributed by atoms with Crippen molar-refractivity contribution in [3.63, 3.8) is 0 Å². The maximum atomic E-state index is 12.7. The van der Waals surface area contributed by atoms with E-state index in [0.717, 1.165) is 21.6 Å². The van der Waals surface area contributed by atoms with E-state index in [1.807, 2.05) is 61.5 Å². The second-order valence-corrected chi connectivity index (χ2v) is 8.58. The molecule has 3 aromatic heterocycles. The van der Waals surface area contributed by atoms with Crippen molar-refractivity contribution in [2.45, 2.75) is 6.92 Å². The first kappa shape index (κ1) is 22.1. The molecule has 0 aliphatic heterocycles. The summed E-state index contributed by atoms with van der Waals surface area (Å²) >= 11 is 1.25. The number of aromatic nitrogens is 4. The summed E-state index contributed by atoms with van der Waals surface area (Å²) in [5.74, 6) is -0.988. The van der Waals surface area contributed by atoms with Crippen LogP contribution >= 0.6 is 11.3 Å². The Balaban J connectivity index is 1.31. The Labute approximate surface area is 203 Å². The average molecular weight is 483 g/mol. The molecule has 2 aromatic carbocycles. The number of nitriles is 1. The van der Waals surface area contributed by atoms with Crippen LogP contribution in [-0.2, 0) is 9.53 Å². The van der Waals surface area contributed by atoms with Crippen LogP contribution in [0.5, 0.6) is 0 Å². The van der Waals surface area contributed by atoms with Crippen molar-refractivity contribution in [2.75, 3.05) is 11.9 Å². The molecule has 1 amide bonds. The predicted octanol–water partition coefficient (Wildman–Crippen LogP) is 4.25. The summed E-state index contributed by atoms with van der Waals surface area (Å²) in [6.45, 7) is 1.36. The van der Waals surface area contributed by atoms with E-state index in [-0.39, 0.29) is 11.4 Å². The summed E-state index contributed by atoms with van der Waals surface area (Å²) in [5, 5.41) is 21.6. The summed E-state index contributed by atoms with van der Waals surface area (Å²) in [5.41, 5.74) is 2.54. The minimum absolute atomic E-state index is 0.193. The lowest BCUT2D eigenvalue weighted by atomic mass is 10.3. The van der Waals surface area contributed by atoms with Crippen LogP contribution in [0.25, 0.3) is 21.6 Å². The Kier molecular flexibility index (Phi) is 5.83. The number of nitrogens with zero attached hydrogens (tertiary/aromatic N) is 5. The number of aryl methyl sites for hydroxylation is 1. The first-order valence-electron chi connectivity index (χ1n) is 10.6. The third-order valence-electron chi connectivity index (χ3n) is 5.23. The van der Waals surface area contributed by atoms with E-state index in [1.165, 1.54) is 22.2 Å². The first-order valence-corrected chi connectivity index (χ1v) is 11.4. The smallest absolute Gasteiger partial charge is 0.348 e. The summed E-state index contributed by atoms with van der Waals surface area (Å²) in [7, 11) is 0. The second-order valence-electron chi connectivity index (χ2n) is 7.55. The highest BCUT2D eigenvalue weighted by atomic mass is 32.1. The zero-order valence-corrected chi connectivity index (χ0v) is 19.3. The zero-order valence-electron chi connectivity index (χ0n) is 18.5. The SMILES string of the molecule is Cc1nn(-c2ccccc2)c2sc(C(=O)OCC(=O)Nc3c(C#N)cnn3-c3ccccc3)cc12. The van der Waals surface area contributed by atoms with Crippen molar-refractivity contribution in [1.29, 1.82) is 5.26 Å². The van der Waals surface area contributed by atoms with Gasteiger partial charge in [-0.25, -0.2) is 14.2 Å². The number of hydrogen-bond acceptors (Lipinski definition) is 7. The number of esters is 1. The highest BCUT2D eigenvalue weighted by Crippen LogP contribution is 2.30. The summed E-state index contributed by atoms with van der Waals surface area (Å²) in [6, 6.07) is 22.4. The Bertz CT molecular complexity index is 1580. The molecule has 5 rings (SSSR count). The fourth-order valence-corrected chi connectivity index (χ4v) is 4.65. The molecule has 0 fully saturated rings. The van der Waals surface area contributed by atoms with Crippen molar-refractivity contribution in [3.05, 3.63) is 89.1 Å². The Morgan fingerprint density at radius 1 is 1.06 bits per heavy atom. The first-order chi connectivity index (χ1) is 17.0. The van der Waals surface area contributed by atoms with E-state index in [2.05, 4.69) is 15.5 Å². The van der Waals surface area contributed by atoms with Crippen LogP contribution in [0.3, 0.4) is 0 Å². The number of carbonyl (C=O) groups excluding carboxylic acids is 2. The van der Waals surface area contributed by atoms with Crippen molar-refractivity contribution < 1.29 is 14.3 Å². The Hall–Kier alpha value is -4.75. The van der Waals surface area contributed by atoms with Crippen molar-refractivity contribution in [1.82, 2.24) is 19.6 Å². The number of fused-ring (bicyclic) bond motifs is 1. The fraction of sp³-hybridized carbons (Fsp3) is 0.0800. The summed E-state index contributed by atoms with van der Waals surface area (Å²) in [4.78, 5) is 26.4. The van der Waals surface area contributed by atoms with E-state index in [4.69, 9.17) is 4.74 Å². The molecule has 1 N–H and O–H groups in total. The molecule has 0 radical (unpaired) electrons. The molecule has 9 nitrogen and oxygen atoms in total. The third-order valence-corrected chi connectivity index (χ3v) is 6.32. The number of rotatable bonds is 6. The standard InChI is InChI=1S/C25H18N6O3S/c1-16-20-12-21(35-24(20)31(29-16)19-10-6-3-7-11-19)25(33)34-15-22(32)28-23-17(13-26)14-27-30(23)18-8-4-2-5-9-18/h2-12,14H,15H2,1H3,(H,28,32). The van der Waals surface area contributed by atoms with E-state index in [1.54, 1.807) is 22.9 Å². The van der Waals surface area contributed by atoms with Gasteiger partial charge in [-0.05, 0) is 37.3 Å². The quantitative estimate of drug-likeness (QED) is 0.362. The van der Waals surface area contributed by atoms with E-state index in [9.17, 15) is 14.9 Å². The van der Waals surface area contributed by atoms with E-state index >= 15 is 0 Å². The number of ether oxygens (including phenoxy) is 1. The molecule has 10 heteroatoms. The van der Waals surface area contributed by atoms with Gasteiger partial charge in [0.25, 0.3) is 5.91 Å². The Morgan fingerprint density at radius 2 is 1.71 bits per heavy atom. The van der Waals surface area contributed by atoms with Gasteiger partial charge in [-0.3, -0.25) is 4.79 Å². The van der Waals surface area contributed by atoms with Crippen LogP contribution in [-0.4, -0.2) is 38.0 Å². The molecule has 0 saturated carbocycles. The number of benzene rings is 2. The summed E-state index contributed by atoms with van der Waals surface area (Å²) < 4.78 is 8.49. The maximum absolute atomic E-state index is 12.7. The largest absolute Gasteiger partial charge is 0.451 e. The molecule has 0 aliphatic carbocycles. The second kappa shape index (κ2) is 9.24. The van der Waals surface area contributed by atoms with Crippen molar-refractivity contribution in [2.24, 2.45) is 0 Å². The van der Waals surface area contributed by atoms with Gasteiger partial charge in [0.1, 0.15) is 21.3 Å². The molecular weight excluding hydrogens is 464 g/mol. The molecule has 5 aromatic rings. The highest BCUT2D eigenvalue weighted by molar-refractivity contribution is 7.20. The lowest BCUT2D eigenvalue weighted by molar-refractivity contribution is -0.119. The lowest BCUT2D eigenvalue weighted by Crippen LogP contribution is -2.22. The van der Waals surface area contributed by atoms with Crippen molar-refractivity contribution in [3.8, 4) is 17.4 Å². The number of amides is 1. The molecule has 0 atom stereocenters. The topological polar surface area (TPSA) is 115 Å². The van der Waals surface area contributed by atoms with Gasteiger partial charge in [0, 0.05) is 5.39 Å². The van der Waals surface area contributed by atoms with Crippen LogP contribution in [0.15, 0.2) is 72.9 Å². The van der Waals surface area contributed by atoms with Gasteiger partial charge in [-0.1, -0.05) is 36.4 Å². The monoisotopic (exact) mass is 482 g/mol. The summed E-state index contributed by atoms with van der Waals surface area (Å²) in [6.07, 6.45) is 1.37. The number of nitrogens with one attached hydrogen (secondary N) is 1. The lowest BCUT2D eigenvalue weighted by Gasteiger charge is -2.09. The van der Waals surface area contributed by atoms with Gasteiger partial charge in [0.15, 0.2) is 12.4 Å². The van der Waals surface area contributed by atoms with Crippen LogP contribution in [0.2, 0.25) is 0 Å². The number of anilines is 1. The molecule has 172 valence electrons. The number of thiophene rings is 1. The number of hydrogen-bond donors (Lipinski definition) is 1. The molecule has 0 unspecified atom stereocenters. The van der Waals surface area contributed by atoms with E-state index in [0.29, 0.717) is 10.6 Å². The molecule has 0 saturated heterocycles. The number of para-hydroxylation sites is 2.